The van der Waals surface area contributed by atoms with Gasteiger partial charge < -0.3 is 4.90 Å². The molecule has 0 atom stereocenters. The van der Waals surface area contributed by atoms with Crippen molar-refractivity contribution in [3.05, 3.63) is 29.8 Å². The number of likely N-dealkylation sites (tertiary alicyclic amines) is 1. The monoisotopic (exact) mass is 282 g/mol. The highest BCUT2D eigenvalue weighted by molar-refractivity contribution is 7.99. The standard InChI is InChI=1S/C14H22N2S2/c1-15(2)13-5-3-11(4-6-13)12-7-9-16(10-8-12)14(17)18/h3-6,12,14,17-18H,7-10H2,1-2H3. The van der Waals surface area contributed by atoms with E-state index in [4.69, 9.17) is 0 Å². The van der Waals surface area contributed by atoms with Crippen LogP contribution in [0, 0.1) is 0 Å². The summed E-state index contributed by atoms with van der Waals surface area (Å²) in [4.78, 5) is 4.45. The molecule has 2 nitrogen and oxygen atoms in total. The molecule has 0 unspecified atom stereocenters. The van der Waals surface area contributed by atoms with Gasteiger partial charge in [0.15, 0.2) is 0 Å². The fourth-order valence-corrected chi connectivity index (χ4v) is 2.97. The zero-order valence-corrected chi connectivity index (χ0v) is 12.9. The molecule has 0 radical (unpaired) electrons. The maximum Gasteiger partial charge on any atom is 0.0969 e. The van der Waals surface area contributed by atoms with Gasteiger partial charge in [-0.2, -0.15) is 0 Å². The molecule has 1 fully saturated rings. The van der Waals surface area contributed by atoms with Crippen molar-refractivity contribution in [1.29, 1.82) is 0 Å². The van der Waals surface area contributed by atoms with E-state index < -0.39 is 0 Å². The third kappa shape index (κ3) is 3.37. The van der Waals surface area contributed by atoms with Gasteiger partial charge in [0, 0.05) is 32.9 Å². The quantitative estimate of drug-likeness (QED) is 0.650. The number of thiol groups is 2. The second kappa shape index (κ2) is 6.22. The van der Waals surface area contributed by atoms with Crippen molar-refractivity contribution in [2.75, 3.05) is 32.1 Å². The number of nitrogens with zero attached hydrogens (tertiary/aromatic N) is 2. The van der Waals surface area contributed by atoms with Gasteiger partial charge in [-0.15, -0.1) is 25.3 Å². The number of piperidine rings is 1. The number of hydrogen-bond acceptors (Lipinski definition) is 4. The Hall–Kier alpha value is -0.320. The molecular formula is C14H22N2S2. The Labute approximate surface area is 121 Å². The molecule has 18 heavy (non-hydrogen) atoms. The van der Waals surface area contributed by atoms with Crippen molar-refractivity contribution >= 4 is 30.9 Å². The molecule has 4 heteroatoms. The lowest BCUT2D eigenvalue weighted by atomic mass is 9.89. The Balaban J connectivity index is 1.97. The molecular weight excluding hydrogens is 260 g/mol. The van der Waals surface area contributed by atoms with Crippen LogP contribution < -0.4 is 4.90 Å². The lowest BCUT2D eigenvalue weighted by molar-refractivity contribution is 0.235. The maximum atomic E-state index is 4.38. The summed E-state index contributed by atoms with van der Waals surface area (Å²) in [5.74, 6) is 0.692. The molecule has 0 N–H and O–H groups in total. The van der Waals surface area contributed by atoms with Gasteiger partial charge in [-0.25, -0.2) is 0 Å². The Morgan fingerprint density at radius 2 is 1.67 bits per heavy atom. The fraction of sp³-hybridized carbons (Fsp3) is 0.571. The number of benzene rings is 1. The van der Waals surface area contributed by atoms with Crippen LogP contribution in [0.3, 0.4) is 0 Å². The van der Waals surface area contributed by atoms with Crippen LogP contribution in [0.5, 0.6) is 0 Å². The summed E-state index contributed by atoms with van der Waals surface area (Å²) in [6.07, 6.45) is 2.41. The Kier molecular flexibility index (Phi) is 4.87. The van der Waals surface area contributed by atoms with Crippen LogP contribution in [-0.4, -0.2) is 36.8 Å². The molecule has 1 aliphatic rings. The van der Waals surface area contributed by atoms with Gasteiger partial charge in [-0.3, -0.25) is 4.90 Å². The lowest BCUT2D eigenvalue weighted by Crippen LogP contribution is -2.35. The van der Waals surface area contributed by atoms with E-state index in [2.05, 4.69) is 73.4 Å². The highest BCUT2D eigenvalue weighted by atomic mass is 32.2. The average Bonchev–Trinajstić information content (AvgIpc) is 2.39. The molecule has 0 amide bonds. The third-order valence-electron chi connectivity index (χ3n) is 3.74. The van der Waals surface area contributed by atoms with Crippen molar-refractivity contribution in [2.45, 2.75) is 23.5 Å². The van der Waals surface area contributed by atoms with Crippen molar-refractivity contribution in [2.24, 2.45) is 0 Å². The van der Waals surface area contributed by atoms with Gasteiger partial charge in [-0.1, -0.05) is 12.1 Å². The Bertz CT molecular complexity index is 368. The van der Waals surface area contributed by atoms with Crippen LogP contribution in [0.2, 0.25) is 0 Å². The second-order valence-electron chi connectivity index (χ2n) is 5.14. The van der Waals surface area contributed by atoms with E-state index in [1.165, 1.54) is 24.1 Å². The van der Waals surface area contributed by atoms with E-state index in [1.54, 1.807) is 0 Å². The average molecular weight is 282 g/mol. The highest BCUT2D eigenvalue weighted by Gasteiger charge is 2.22. The van der Waals surface area contributed by atoms with E-state index in [1.807, 2.05) is 0 Å². The molecule has 1 aromatic carbocycles. The summed E-state index contributed by atoms with van der Waals surface area (Å²) in [5, 5.41) is 0. The molecule has 0 aromatic heterocycles. The molecule has 100 valence electrons. The first kappa shape index (κ1) is 14.1. The molecule has 2 rings (SSSR count). The predicted molar refractivity (Wildman–Crippen MR) is 86.1 cm³/mol. The predicted octanol–water partition coefficient (Wildman–Crippen LogP) is 3.08. The normalized spacial score (nSPS) is 18.3. The van der Waals surface area contributed by atoms with Crippen molar-refractivity contribution < 1.29 is 0 Å². The van der Waals surface area contributed by atoms with Crippen molar-refractivity contribution in [3.8, 4) is 0 Å². The van der Waals surface area contributed by atoms with E-state index in [9.17, 15) is 0 Å². The third-order valence-corrected chi connectivity index (χ3v) is 4.39. The minimum absolute atomic E-state index is 0.0852. The largest absolute Gasteiger partial charge is 0.378 e. The molecule has 0 saturated carbocycles. The van der Waals surface area contributed by atoms with Crippen LogP contribution in [0.4, 0.5) is 5.69 Å². The van der Waals surface area contributed by atoms with Crippen LogP contribution in [-0.2, 0) is 0 Å². The first-order valence-corrected chi connectivity index (χ1v) is 7.48. The molecule has 1 aliphatic heterocycles. The first-order valence-electron chi connectivity index (χ1n) is 6.45. The Morgan fingerprint density at radius 1 is 1.11 bits per heavy atom. The second-order valence-corrected chi connectivity index (χ2v) is 6.53. The summed E-state index contributed by atoms with van der Waals surface area (Å²) >= 11 is 8.76. The van der Waals surface area contributed by atoms with Crippen molar-refractivity contribution in [3.63, 3.8) is 0 Å². The van der Waals surface area contributed by atoms with Gasteiger partial charge in [-0.05, 0) is 36.5 Å². The van der Waals surface area contributed by atoms with Gasteiger partial charge in [0.25, 0.3) is 0 Å². The topological polar surface area (TPSA) is 6.48 Å². The smallest absolute Gasteiger partial charge is 0.0969 e. The van der Waals surface area contributed by atoms with E-state index in [0.29, 0.717) is 5.92 Å². The molecule has 0 spiro atoms. The maximum absolute atomic E-state index is 4.38. The van der Waals surface area contributed by atoms with E-state index in [-0.39, 0.29) is 4.71 Å². The zero-order chi connectivity index (χ0) is 13.1. The molecule has 1 saturated heterocycles. The molecule has 0 aliphatic carbocycles. The zero-order valence-electron chi connectivity index (χ0n) is 11.1. The van der Waals surface area contributed by atoms with Crippen LogP contribution in [0.15, 0.2) is 24.3 Å². The SMILES string of the molecule is CN(C)c1ccc(C2CCN(C(S)S)CC2)cc1. The molecule has 0 bridgehead atoms. The minimum atomic E-state index is 0.0852. The molecule has 1 aromatic rings. The summed E-state index contributed by atoms with van der Waals surface area (Å²) in [6.45, 7) is 2.19. The summed E-state index contributed by atoms with van der Waals surface area (Å²) in [6, 6.07) is 8.96. The van der Waals surface area contributed by atoms with Gasteiger partial charge in [0.2, 0.25) is 0 Å². The first-order chi connectivity index (χ1) is 8.58. The van der Waals surface area contributed by atoms with Crippen molar-refractivity contribution in [1.82, 2.24) is 4.90 Å². The lowest BCUT2D eigenvalue weighted by Gasteiger charge is -2.33. The summed E-state index contributed by atoms with van der Waals surface area (Å²) in [7, 11) is 4.15. The highest BCUT2D eigenvalue weighted by Crippen LogP contribution is 2.30. The summed E-state index contributed by atoms with van der Waals surface area (Å²) < 4.78 is 0.0852. The fourth-order valence-electron chi connectivity index (χ4n) is 2.51. The van der Waals surface area contributed by atoms with Crippen LogP contribution >= 0.6 is 25.3 Å². The van der Waals surface area contributed by atoms with Gasteiger partial charge in [0.1, 0.15) is 0 Å². The number of rotatable bonds is 3. The molecule has 1 heterocycles. The summed E-state index contributed by atoms with van der Waals surface area (Å²) in [5.41, 5.74) is 2.73. The van der Waals surface area contributed by atoms with E-state index in [0.717, 1.165) is 13.1 Å². The van der Waals surface area contributed by atoms with Gasteiger partial charge in [0.05, 0.1) is 4.71 Å². The van der Waals surface area contributed by atoms with Crippen LogP contribution in [0.1, 0.15) is 24.3 Å². The number of hydrogen-bond donors (Lipinski definition) is 2. The van der Waals surface area contributed by atoms with Gasteiger partial charge >= 0.3 is 0 Å². The minimum Gasteiger partial charge on any atom is -0.378 e. The van der Waals surface area contributed by atoms with Crippen LogP contribution in [0.25, 0.3) is 0 Å². The number of anilines is 1. The Morgan fingerprint density at radius 3 is 2.11 bits per heavy atom. The van der Waals surface area contributed by atoms with E-state index >= 15 is 0 Å².